The van der Waals surface area contributed by atoms with Gasteiger partial charge in [-0.3, -0.25) is 4.68 Å². The predicted molar refractivity (Wildman–Crippen MR) is 74.7 cm³/mol. The fourth-order valence-electron chi connectivity index (χ4n) is 1.79. The molecule has 102 valence electrons. The van der Waals surface area contributed by atoms with Crippen LogP contribution in [0.5, 0.6) is 11.5 Å². The van der Waals surface area contributed by atoms with Crippen molar-refractivity contribution in [1.29, 1.82) is 0 Å². The van der Waals surface area contributed by atoms with E-state index in [4.69, 9.17) is 15.2 Å². The van der Waals surface area contributed by atoms with E-state index in [-0.39, 0.29) is 0 Å². The Labute approximate surface area is 112 Å². The first-order valence-corrected chi connectivity index (χ1v) is 5.97. The van der Waals surface area contributed by atoms with Crippen LogP contribution >= 0.6 is 0 Å². The first kappa shape index (κ1) is 13.1. The molecule has 0 aliphatic heterocycles. The number of benzene rings is 1. The summed E-state index contributed by atoms with van der Waals surface area (Å²) in [4.78, 5) is 0. The van der Waals surface area contributed by atoms with E-state index in [1.54, 1.807) is 26.5 Å². The molecule has 0 spiro atoms. The second-order valence-electron chi connectivity index (χ2n) is 3.99. The predicted octanol–water partition coefficient (Wildman–Crippen LogP) is 1.59. The van der Waals surface area contributed by atoms with Crippen LogP contribution in [0.3, 0.4) is 0 Å². The molecule has 2 aromatic rings. The number of methoxy groups -OCH3 is 2. The van der Waals surface area contributed by atoms with Gasteiger partial charge in [0, 0.05) is 31.1 Å². The number of nitrogens with one attached hydrogen (secondary N) is 1. The largest absolute Gasteiger partial charge is 0.493 e. The van der Waals surface area contributed by atoms with Gasteiger partial charge in [0.25, 0.3) is 0 Å². The molecule has 0 unspecified atom stereocenters. The average Bonchev–Trinajstić information content (AvgIpc) is 2.93. The molecule has 19 heavy (non-hydrogen) atoms. The van der Waals surface area contributed by atoms with Gasteiger partial charge in [0.15, 0.2) is 11.5 Å². The molecule has 0 aliphatic carbocycles. The number of aromatic nitrogens is 2. The number of rotatable bonds is 6. The van der Waals surface area contributed by atoms with Crippen LogP contribution in [0, 0.1) is 0 Å². The molecule has 0 saturated heterocycles. The molecule has 2 rings (SSSR count). The molecule has 0 amide bonds. The van der Waals surface area contributed by atoms with Gasteiger partial charge in [-0.1, -0.05) is 0 Å². The Kier molecular flexibility index (Phi) is 4.12. The molecule has 1 aromatic heterocycles. The van der Waals surface area contributed by atoms with E-state index in [2.05, 4.69) is 10.4 Å². The van der Waals surface area contributed by atoms with E-state index in [0.29, 0.717) is 17.2 Å². The fourth-order valence-corrected chi connectivity index (χ4v) is 1.79. The second kappa shape index (κ2) is 5.99. The lowest BCUT2D eigenvalue weighted by molar-refractivity contribution is 0.355. The zero-order chi connectivity index (χ0) is 13.7. The number of hydrogen-bond acceptors (Lipinski definition) is 5. The molecule has 3 N–H and O–H groups in total. The van der Waals surface area contributed by atoms with E-state index in [0.717, 1.165) is 18.8 Å². The highest BCUT2D eigenvalue weighted by Gasteiger charge is 2.08. The van der Waals surface area contributed by atoms with E-state index in [1.807, 2.05) is 23.0 Å². The monoisotopic (exact) mass is 262 g/mol. The molecule has 0 aliphatic rings. The van der Waals surface area contributed by atoms with Crippen molar-refractivity contribution in [2.45, 2.75) is 6.54 Å². The zero-order valence-electron chi connectivity index (χ0n) is 11.1. The number of anilines is 2. The van der Waals surface area contributed by atoms with Crippen molar-refractivity contribution < 1.29 is 9.47 Å². The third-order valence-corrected chi connectivity index (χ3v) is 2.77. The molecule has 0 bridgehead atoms. The van der Waals surface area contributed by atoms with Gasteiger partial charge in [-0.05, 0) is 6.07 Å². The lowest BCUT2D eigenvalue weighted by Gasteiger charge is -2.14. The summed E-state index contributed by atoms with van der Waals surface area (Å²) in [6.45, 7) is 1.49. The van der Waals surface area contributed by atoms with Crippen molar-refractivity contribution in [2.75, 3.05) is 31.8 Å². The molecular weight excluding hydrogens is 244 g/mol. The summed E-state index contributed by atoms with van der Waals surface area (Å²) < 4.78 is 12.3. The number of nitrogens with two attached hydrogens (primary N) is 1. The summed E-state index contributed by atoms with van der Waals surface area (Å²) in [5, 5.41) is 7.39. The summed E-state index contributed by atoms with van der Waals surface area (Å²) in [6, 6.07) is 5.47. The van der Waals surface area contributed by atoms with E-state index in [9.17, 15) is 0 Å². The third-order valence-electron chi connectivity index (χ3n) is 2.77. The second-order valence-corrected chi connectivity index (χ2v) is 3.99. The zero-order valence-corrected chi connectivity index (χ0v) is 11.1. The smallest absolute Gasteiger partial charge is 0.162 e. The van der Waals surface area contributed by atoms with Crippen LogP contribution in [-0.2, 0) is 6.54 Å². The Bertz CT molecular complexity index is 526. The van der Waals surface area contributed by atoms with Gasteiger partial charge in [0.1, 0.15) is 0 Å². The van der Waals surface area contributed by atoms with Gasteiger partial charge < -0.3 is 20.5 Å². The number of hydrogen-bond donors (Lipinski definition) is 2. The van der Waals surface area contributed by atoms with Crippen molar-refractivity contribution in [3.63, 3.8) is 0 Å². The average molecular weight is 262 g/mol. The third kappa shape index (κ3) is 3.09. The first-order valence-electron chi connectivity index (χ1n) is 5.97. The standard InChI is InChI=1S/C13H18N4O2/c1-18-12-8-10(14)11(9-13(12)19-2)15-5-7-17-6-3-4-16-17/h3-4,6,8-9,15H,5,7,14H2,1-2H3. The highest BCUT2D eigenvalue weighted by molar-refractivity contribution is 5.71. The van der Waals surface area contributed by atoms with Crippen LogP contribution in [0.25, 0.3) is 0 Å². The van der Waals surface area contributed by atoms with Crippen molar-refractivity contribution in [3.8, 4) is 11.5 Å². The molecule has 0 saturated carbocycles. The Morgan fingerprint density at radius 3 is 2.63 bits per heavy atom. The Hall–Kier alpha value is -2.37. The minimum Gasteiger partial charge on any atom is -0.493 e. The fraction of sp³-hybridized carbons (Fsp3) is 0.308. The van der Waals surface area contributed by atoms with Gasteiger partial charge in [0.05, 0.1) is 32.1 Å². The maximum Gasteiger partial charge on any atom is 0.162 e. The van der Waals surface area contributed by atoms with Crippen molar-refractivity contribution in [3.05, 3.63) is 30.6 Å². The normalized spacial score (nSPS) is 10.2. The lowest BCUT2D eigenvalue weighted by Crippen LogP contribution is -2.12. The molecule has 0 radical (unpaired) electrons. The van der Waals surface area contributed by atoms with Gasteiger partial charge in [-0.2, -0.15) is 5.10 Å². The van der Waals surface area contributed by atoms with E-state index >= 15 is 0 Å². The maximum absolute atomic E-state index is 5.96. The highest BCUT2D eigenvalue weighted by Crippen LogP contribution is 2.34. The Balaban J connectivity index is 2.03. The van der Waals surface area contributed by atoms with Gasteiger partial charge in [-0.15, -0.1) is 0 Å². The number of ether oxygens (including phenoxy) is 2. The summed E-state index contributed by atoms with van der Waals surface area (Å²) in [5.74, 6) is 1.27. The maximum atomic E-state index is 5.96. The van der Waals surface area contributed by atoms with Crippen LogP contribution < -0.4 is 20.5 Å². The topological polar surface area (TPSA) is 74.3 Å². The van der Waals surface area contributed by atoms with Gasteiger partial charge >= 0.3 is 0 Å². The SMILES string of the molecule is COc1cc(N)c(NCCn2cccn2)cc1OC. The van der Waals surface area contributed by atoms with Crippen molar-refractivity contribution >= 4 is 11.4 Å². The molecule has 6 nitrogen and oxygen atoms in total. The summed E-state index contributed by atoms with van der Waals surface area (Å²) in [5.41, 5.74) is 7.41. The van der Waals surface area contributed by atoms with E-state index < -0.39 is 0 Å². The molecule has 1 heterocycles. The quantitative estimate of drug-likeness (QED) is 0.773. The van der Waals surface area contributed by atoms with Gasteiger partial charge in [-0.25, -0.2) is 0 Å². The Morgan fingerprint density at radius 2 is 2.00 bits per heavy atom. The number of nitrogens with zero attached hydrogens (tertiary/aromatic N) is 2. The van der Waals surface area contributed by atoms with Crippen molar-refractivity contribution in [2.24, 2.45) is 0 Å². The molecule has 0 atom stereocenters. The number of nitrogen functional groups attached to an aromatic ring is 1. The summed E-state index contributed by atoms with van der Waals surface area (Å²) >= 11 is 0. The van der Waals surface area contributed by atoms with Crippen molar-refractivity contribution in [1.82, 2.24) is 9.78 Å². The lowest BCUT2D eigenvalue weighted by atomic mass is 10.2. The Morgan fingerprint density at radius 1 is 1.26 bits per heavy atom. The molecule has 6 heteroatoms. The molecule has 0 fully saturated rings. The van der Waals surface area contributed by atoms with Crippen LogP contribution in [0.1, 0.15) is 0 Å². The molecule has 1 aromatic carbocycles. The highest BCUT2D eigenvalue weighted by atomic mass is 16.5. The van der Waals surface area contributed by atoms with Gasteiger partial charge in [0.2, 0.25) is 0 Å². The van der Waals surface area contributed by atoms with Crippen LogP contribution in [0.2, 0.25) is 0 Å². The first-order chi connectivity index (χ1) is 9.24. The molecular formula is C13H18N4O2. The van der Waals surface area contributed by atoms with Crippen LogP contribution in [-0.4, -0.2) is 30.5 Å². The van der Waals surface area contributed by atoms with Crippen LogP contribution in [0.4, 0.5) is 11.4 Å². The minimum absolute atomic E-state index is 0.623. The van der Waals surface area contributed by atoms with Crippen LogP contribution in [0.15, 0.2) is 30.6 Å². The van der Waals surface area contributed by atoms with E-state index in [1.165, 1.54) is 0 Å². The minimum atomic E-state index is 0.623. The summed E-state index contributed by atoms with van der Waals surface area (Å²) in [6.07, 6.45) is 3.67. The summed E-state index contributed by atoms with van der Waals surface area (Å²) in [7, 11) is 3.18.